The van der Waals surface area contributed by atoms with Gasteiger partial charge in [0.15, 0.2) is 0 Å². The van der Waals surface area contributed by atoms with Crippen molar-refractivity contribution in [2.45, 2.75) is 52.7 Å². The third-order valence-corrected chi connectivity index (χ3v) is 4.60. The molecule has 0 aliphatic carbocycles. The first-order valence-electron chi connectivity index (χ1n) is 7.12. The maximum Gasteiger partial charge on any atom is 0.374 e. The minimum Gasteiger partial charge on any atom is -0.460 e. The topological polar surface area (TPSA) is 53.3 Å². The van der Waals surface area contributed by atoms with E-state index in [4.69, 9.17) is 9.47 Å². The Morgan fingerprint density at radius 2 is 2.05 bits per heavy atom. The lowest BCUT2D eigenvalue weighted by Crippen LogP contribution is -2.22. The molecule has 5 nitrogen and oxygen atoms in total. The van der Waals surface area contributed by atoms with Crippen LogP contribution < -0.4 is 0 Å². The van der Waals surface area contributed by atoms with Crippen molar-refractivity contribution < 1.29 is 14.3 Å². The highest BCUT2D eigenvalue weighted by atomic mass is 28.3. The molecular weight excluding hydrogens is 272 g/mol. The molecule has 114 valence electrons. The second kappa shape index (κ2) is 7.59. The number of esters is 1. The molecule has 0 N–H and O–H groups in total. The van der Waals surface area contributed by atoms with Crippen LogP contribution in [-0.4, -0.2) is 36.8 Å². The first kappa shape index (κ1) is 16.9. The van der Waals surface area contributed by atoms with E-state index in [0.717, 1.165) is 24.8 Å². The van der Waals surface area contributed by atoms with Gasteiger partial charge < -0.3 is 9.47 Å². The minimum atomic E-state index is -1.09. The zero-order valence-corrected chi connectivity index (χ0v) is 14.2. The van der Waals surface area contributed by atoms with Gasteiger partial charge in [0.05, 0.1) is 6.61 Å². The molecule has 0 unspecified atom stereocenters. The molecule has 0 fully saturated rings. The molecule has 1 rings (SSSR count). The van der Waals surface area contributed by atoms with E-state index in [1.807, 2.05) is 13.8 Å². The Kier molecular flexibility index (Phi) is 6.42. The fourth-order valence-corrected chi connectivity index (χ4v) is 2.34. The summed E-state index contributed by atoms with van der Waals surface area (Å²) < 4.78 is 12.6. The second-order valence-corrected chi connectivity index (χ2v) is 11.8. The number of imidazole rings is 1. The van der Waals surface area contributed by atoms with E-state index in [9.17, 15) is 4.79 Å². The lowest BCUT2D eigenvalue weighted by Gasteiger charge is -2.16. The van der Waals surface area contributed by atoms with Crippen LogP contribution in [0.15, 0.2) is 6.20 Å². The highest BCUT2D eigenvalue weighted by molar-refractivity contribution is 6.76. The molecule has 1 heterocycles. The number of carbonyl (C=O) groups excluding carboxylic acids is 1. The summed E-state index contributed by atoms with van der Waals surface area (Å²) in [6.07, 6.45) is 2.47. The van der Waals surface area contributed by atoms with Crippen LogP contribution in [0.1, 0.15) is 29.7 Å². The number of ether oxygens (including phenoxy) is 2. The molecule has 1 aromatic rings. The van der Waals surface area contributed by atoms with Gasteiger partial charge in [-0.25, -0.2) is 9.78 Å². The minimum absolute atomic E-state index is 0.323. The van der Waals surface area contributed by atoms with Gasteiger partial charge in [-0.2, -0.15) is 0 Å². The number of nitrogens with zero attached hydrogens (tertiary/aromatic N) is 2. The molecule has 0 bridgehead atoms. The molecular formula is C14H26N2O3Si. The smallest absolute Gasteiger partial charge is 0.374 e. The molecule has 0 aliphatic heterocycles. The Morgan fingerprint density at radius 1 is 1.35 bits per heavy atom. The van der Waals surface area contributed by atoms with E-state index in [1.54, 1.807) is 10.8 Å². The summed E-state index contributed by atoms with van der Waals surface area (Å²) in [5, 5.41) is 0. The number of aromatic nitrogens is 2. The molecule has 0 spiro atoms. The number of carbonyl (C=O) groups is 1. The molecule has 0 radical (unpaired) electrons. The van der Waals surface area contributed by atoms with Crippen LogP contribution in [0.5, 0.6) is 0 Å². The van der Waals surface area contributed by atoms with Gasteiger partial charge in [0.2, 0.25) is 5.82 Å². The standard InChI is InChI=1S/C14H26N2O3Si/c1-6-7-19-14(17)13-15-10-12(2)16(13)11-18-8-9-20(3,4)5/h10H,6-9,11H2,1-5H3. The summed E-state index contributed by atoms with van der Waals surface area (Å²) in [6.45, 7) is 12.3. The summed E-state index contributed by atoms with van der Waals surface area (Å²) in [5.74, 6) is -0.0577. The molecule has 20 heavy (non-hydrogen) atoms. The van der Waals surface area contributed by atoms with Gasteiger partial charge in [0.25, 0.3) is 0 Å². The van der Waals surface area contributed by atoms with Gasteiger partial charge in [-0.15, -0.1) is 0 Å². The van der Waals surface area contributed by atoms with Crippen LogP contribution >= 0.6 is 0 Å². The maximum atomic E-state index is 11.9. The van der Waals surface area contributed by atoms with Gasteiger partial charge in [0.1, 0.15) is 6.73 Å². The predicted octanol–water partition coefficient (Wildman–Crippen LogP) is 3.07. The Bertz CT molecular complexity index is 438. The Morgan fingerprint density at radius 3 is 2.65 bits per heavy atom. The third-order valence-electron chi connectivity index (χ3n) is 2.89. The normalized spacial score (nSPS) is 11.7. The first-order chi connectivity index (χ1) is 9.35. The number of rotatable bonds is 8. The largest absolute Gasteiger partial charge is 0.460 e. The van der Waals surface area contributed by atoms with E-state index in [-0.39, 0.29) is 5.97 Å². The fourth-order valence-electron chi connectivity index (χ4n) is 1.58. The van der Waals surface area contributed by atoms with Crippen molar-refractivity contribution in [3.63, 3.8) is 0 Å². The van der Waals surface area contributed by atoms with E-state index in [2.05, 4.69) is 24.6 Å². The monoisotopic (exact) mass is 298 g/mol. The molecule has 0 amide bonds. The van der Waals surface area contributed by atoms with Crippen molar-refractivity contribution in [2.75, 3.05) is 13.2 Å². The lowest BCUT2D eigenvalue weighted by molar-refractivity contribution is 0.0442. The Hall–Kier alpha value is -1.14. The van der Waals surface area contributed by atoms with Crippen LogP contribution in [0, 0.1) is 6.92 Å². The van der Waals surface area contributed by atoms with Crippen LogP contribution in [0.25, 0.3) is 0 Å². The van der Waals surface area contributed by atoms with E-state index in [0.29, 0.717) is 19.2 Å². The van der Waals surface area contributed by atoms with Crippen molar-refractivity contribution in [2.24, 2.45) is 0 Å². The molecule has 0 aromatic carbocycles. The van der Waals surface area contributed by atoms with E-state index in [1.165, 1.54) is 0 Å². The average Bonchev–Trinajstić information content (AvgIpc) is 2.72. The van der Waals surface area contributed by atoms with Crippen molar-refractivity contribution in [1.82, 2.24) is 9.55 Å². The summed E-state index contributed by atoms with van der Waals surface area (Å²) in [7, 11) is -1.09. The van der Waals surface area contributed by atoms with E-state index >= 15 is 0 Å². The zero-order chi connectivity index (χ0) is 15.2. The van der Waals surface area contributed by atoms with Gasteiger partial charge in [0, 0.05) is 26.6 Å². The van der Waals surface area contributed by atoms with Crippen molar-refractivity contribution >= 4 is 14.0 Å². The van der Waals surface area contributed by atoms with Crippen LogP contribution in [0.4, 0.5) is 0 Å². The Labute approximate surface area is 122 Å². The summed E-state index contributed by atoms with van der Waals surface area (Å²) in [6, 6.07) is 1.11. The van der Waals surface area contributed by atoms with Crippen LogP contribution in [0.3, 0.4) is 0 Å². The average molecular weight is 298 g/mol. The zero-order valence-electron chi connectivity index (χ0n) is 13.2. The number of aryl methyl sites for hydroxylation is 1. The number of hydrogen-bond donors (Lipinski definition) is 0. The highest BCUT2D eigenvalue weighted by Crippen LogP contribution is 2.10. The summed E-state index contributed by atoms with van der Waals surface area (Å²) in [5.41, 5.74) is 0.904. The fraction of sp³-hybridized carbons (Fsp3) is 0.714. The highest BCUT2D eigenvalue weighted by Gasteiger charge is 2.17. The summed E-state index contributed by atoms with van der Waals surface area (Å²) >= 11 is 0. The molecule has 0 atom stereocenters. The van der Waals surface area contributed by atoms with Gasteiger partial charge in [-0.3, -0.25) is 4.57 Å². The SMILES string of the molecule is CCCOC(=O)c1ncc(C)n1COCC[Si](C)(C)C. The summed E-state index contributed by atoms with van der Waals surface area (Å²) in [4.78, 5) is 16.0. The molecule has 0 aliphatic rings. The second-order valence-electron chi connectivity index (χ2n) is 6.14. The van der Waals surface area contributed by atoms with Crippen LogP contribution in [-0.2, 0) is 16.2 Å². The van der Waals surface area contributed by atoms with Crippen molar-refractivity contribution in [3.05, 3.63) is 17.7 Å². The van der Waals surface area contributed by atoms with Crippen molar-refractivity contribution in [3.8, 4) is 0 Å². The lowest BCUT2D eigenvalue weighted by atomic mass is 10.5. The molecule has 0 saturated carbocycles. The van der Waals surface area contributed by atoms with Crippen molar-refractivity contribution in [1.29, 1.82) is 0 Å². The molecule has 1 aromatic heterocycles. The van der Waals surface area contributed by atoms with E-state index < -0.39 is 8.07 Å². The first-order valence-corrected chi connectivity index (χ1v) is 10.8. The Balaban J connectivity index is 2.56. The molecule has 6 heteroatoms. The maximum absolute atomic E-state index is 11.9. The van der Waals surface area contributed by atoms with Gasteiger partial charge in [-0.1, -0.05) is 26.6 Å². The number of hydrogen-bond acceptors (Lipinski definition) is 4. The van der Waals surface area contributed by atoms with Gasteiger partial charge >= 0.3 is 5.97 Å². The van der Waals surface area contributed by atoms with Gasteiger partial charge in [-0.05, 0) is 19.4 Å². The predicted molar refractivity (Wildman–Crippen MR) is 81.6 cm³/mol. The molecule has 0 saturated heterocycles. The third kappa shape index (κ3) is 5.46. The van der Waals surface area contributed by atoms with Crippen LogP contribution in [0.2, 0.25) is 25.7 Å². The quantitative estimate of drug-likeness (QED) is 0.420.